The molecule has 2 fully saturated rings. The van der Waals surface area contributed by atoms with Gasteiger partial charge in [-0.15, -0.1) is 0 Å². The Kier molecular flexibility index (Phi) is 34.6. The molecule has 0 radical (unpaired) electrons. The minimum Gasteiger partial charge on any atom is -0.507 e. The second-order valence-electron chi connectivity index (χ2n) is 26.4. The predicted molar refractivity (Wildman–Crippen MR) is 318 cm³/mol. The number of Topliss-reactive ketones (excluding diaryl/α,β-unsaturated/α-hetero) is 1. The SMILES string of the molecule is CCCCCCCCC[C@H](O)C[C@]1(O)O[C@H](C[C@H](O)[C@H](O)[C@H](O)[C@H](O)[C@H](O)C[C@H](O)C[C@H](O)C[C@H](O)[C@H](C)[C@H](O)[C@H](C)[C@H](O)C[C@H](O)[C@H](C)[C@H](O)[C@H](C)[C@H](O)[C@H](C)[C@H](O)[C@H](O)C[C@H](C)C[C@@H](C)/C=C(C)/C(O)=C2/C(=O)[C@@H](C)N(C)C2=O)[C@@H](O)[C@H](O)[C@@H]1O. The van der Waals surface area contributed by atoms with Gasteiger partial charge in [0, 0.05) is 55.9 Å². The van der Waals surface area contributed by atoms with Gasteiger partial charge < -0.3 is 117 Å². The molecule has 87 heavy (non-hydrogen) atoms. The van der Waals surface area contributed by atoms with Gasteiger partial charge in [0.05, 0.1) is 91.5 Å². The molecule has 2 aliphatic rings. The van der Waals surface area contributed by atoms with Crippen LogP contribution >= 0.6 is 0 Å². The van der Waals surface area contributed by atoms with Crippen molar-refractivity contribution < 1.29 is 122 Å². The van der Waals surface area contributed by atoms with Crippen LogP contribution in [-0.2, 0) is 14.3 Å². The first kappa shape index (κ1) is 80.7. The molecule has 1 amide bonds. The predicted octanol–water partition coefficient (Wildman–Crippen LogP) is -1.17. The van der Waals surface area contributed by atoms with Crippen LogP contribution < -0.4 is 0 Å². The first-order valence-electron chi connectivity index (χ1n) is 31.5. The van der Waals surface area contributed by atoms with E-state index in [0.717, 1.165) is 38.5 Å². The summed E-state index contributed by atoms with van der Waals surface area (Å²) in [6, 6.07) is -0.694. The van der Waals surface area contributed by atoms with Gasteiger partial charge in [-0.25, -0.2) is 0 Å². The molecule has 0 aromatic rings. The smallest absolute Gasteiger partial charge is 0.261 e. The standard InChI is InChI=1S/C62H115NO24/c1-12-13-14-15-16-17-18-19-38(64)28-62(86)60(84)59(83)57(81)47(87-62)27-46(72)56(80)58(82)55(79)45(71)25-40(66)23-39(65)24-41(67)32(5)50(74)33(6)42(68)26-43(69)34(7)51(75)35(8)52(76)36(9)53(77)44(70)22-30(3)20-29(2)21-31(4)49(73)48-54(78)37(10)63(11)61(48)85/h21,29-30,32-47,50-53,55-60,64-77,79-84,86H,12-20,22-28H2,1-11H3/b31-21+,49-48+/t29-,30-,32+,33-,34+,35+,36+,37-,38+,39+,40-,41+,42-,43+,44-,45-,46+,47-,50+,51+,52+,53+,55-,56+,57-,58-,59+,60+,62+/m1/s1. The number of nitrogens with zero attached hydrogens (tertiary/aromatic N) is 1. The Morgan fingerprint density at radius 3 is 1.51 bits per heavy atom. The van der Waals surface area contributed by atoms with Gasteiger partial charge in [0.15, 0.2) is 11.6 Å². The zero-order valence-electron chi connectivity index (χ0n) is 53.1. The van der Waals surface area contributed by atoms with E-state index in [1.807, 2.05) is 13.8 Å². The maximum atomic E-state index is 12.6. The number of hydrogen-bond acceptors (Lipinski definition) is 24. The largest absolute Gasteiger partial charge is 0.507 e. The van der Waals surface area contributed by atoms with Gasteiger partial charge in [0.1, 0.15) is 48.0 Å². The van der Waals surface area contributed by atoms with Gasteiger partial charge in [-0.1, -0.05) is 106 Å². The number of carbonyl (C=O) groups excluding carboxylic acids is 2. The van der Waals surface area contributed by atoms with Crippen molar-refractivity contribution in [1.29, 1.82) is 0 Å². The first-order valence-corrected chi connectivity index (χ1v) is 31.5. The monoisotopic (exact) mass is 1260 g/mol. The van der Waals surface area contributed by atoms with E-state index >= 15 is 0 Å². The molecule has 512 valence electrons. The molecule has 0 bridgehead atoms. The fraction of sp³-hybridized carbons (Fsp3) is 0.903. The number of unbranched alkanes of at least 4 members (excludes halogenated alkanes) is 6. The maximum absolute atomic E-state index is 12.6. The van der Waals surface area contributed by atoms with Crippen molar-refractivity contribution in [2.75, 3.05) is 7.05 Å². The second kappa shape index (κ2) is 37.3. The molecule has 0 saturated carbocycles. The van der Waals surface area contributed by atoms with Crippen LogP contribution in [0.5, 0.6) is 0 Å². The third kappa shape index (κ3) is 23.3. The molecule has 25 nitrogen and oxygen atoms in total. The number of aliphatic hydroxyl groups is 21. The molecule has 0 unspecified atom stereocenters. The molecule has 0 spiro atoms. The lowest BCUT2D eigenvalue weighted by atomic mass is 9.77. The Morgan fingerprint density at radius 1 is 0.540 bits per heavy atom. The summed E-state index contributed by atoms with van der Waals surface area (Å²) < 4.78 is 5.50. The zero-order valence-corrected chi connectivity index (χ0v) is 53.1. The number of aliphatic hydroxyl groups excluding tert-OH is 20. The number of allylic oxidation sites excluding steroid dienone is 2. The molecule has 29 atom stereocenters. The maximum Gasteiger partial charge on any atom is 0.261 e. The van der Waals surface area contributed by atoms with E-state index in [9.17, 15) is 117 Å². The summed E-state index contributed by atoms with van der Waals surface area (Å²) in [5.74, 6) is -9.32. The van der Waals surface area contributed by atoms with E-state index < -0.39 is 213 Å². The van der Waals surface area contributed by atoms with Gasteiger partial charge in [-0.05, 0) is 69.8 Å². The molecule has 21 N–H and O–H groups in total. The Hall–Kier alpha value is -2.42. The number of rotatable bonds is 41. The average molecular weight is 1260 g/mol. The molecular formula is C62H115NO24. The van der Waals surface area contributed by atoms with Gasteiger partial charge >= 0.3 is 0 Å². The molecule has 0 aromatic carbocycles. The molecule has 0 aliphatic carbocycles. The molecule has 0 aromatic heterocycles. The number of ketones is 1. The van der Waals surface area contributed by atoms with E-state index in [-0.39, 0.29) is 36.7 Å². The summed E-state index contributed by atoms with van der Waals surface area (Å²) in [7, 11) is 1.48. The minimum atomic E-state index is -2.59. The minimum absolute atomic E-state index is 0.112. The Labute approximate surface area is 513 Å². The molecule has 2 heterocycles. The highest BCUT2D eigenvalue weighted by atomic mass is 16.7. The van der Waals surface area contributed by atoms with Crippen LogP contribution in [0.25, 0.3) is 0 Å². The van der Waals surface area contributed by atoms with Crippen LogP contribution in [0.3, 0.4) is 0 Å². The number of ether oxygens (including phenoxy) is 1. The van der Waals surface area contributed by atoms with Crippen LogP contribution in [0.15, 0.2) is 23.0 Å². The number of likely N-dealkylation sites (tertiary alicyclic amines) is 1. The Bertz CT molecular complexity index is 2050. The summed E-state index contributed by atoms with van der Waals surface area (Å²) >= 11 is 0. The third-order valence-electron chi connectivity index (χ3n) is 18.8. The molecule has 2 rings (SSSR count). The molecular weight excluding hydrogens is 1140 g/mol. The molecule has 25 heteroatoms. The summed E-state index contributed by atoms with van der Waals surface area (Å²) in [4.78, 5) is 26.4. The van der Waals surface area contributed by atoms with Crippen molar-refractivity contribution in [3.63, 3.8) is 0 Å². The van der Waals surface area contributed by atoms with E-state index in [2.05, 4.69) is 6.92 Å². The van der Waals surface area contributed by atoms with Gasteiger partial charge in [-0.2, -0.15) is 0 Å². The van der Waals surface area contributed by atoms with E-state index in [4.69, 9.17) is 4.74 Å². The molecule has 2 aliphatic heterocycles. The van der Waals surface area contributed by atoms with E-state index in [1.54, 1.807) is 19.9 Å². The van der Waals surface area contributed by atoms with Crippen molar-refractivity contribution in [3.8, 4) is 0 Å². The van der Waals surface area contributed by atoms with Crippen LogP contribution in [0, 0.1) is 41.4 Å². The van der Waals surface area contributed by atoms with Crippen molar-refractivity contribution in [3.05, 3.63) is 23.0 Å². The summed E-state index contributed by atoms with van der Waals surface area (Å²) in [6.45, 7) is 16.3. The van der Waals surface area contributed by atoms with Crippen molar-refractivity contribution >= 4 is 11.7 Å². The van der Waals surface area contributed by atoms with Crippen LogP contribution in [-0.4, -0.2) is 265 Å². The third-order valence-corrected chi connectivity index (χ3v) is 18.8. The average Bonchev–Trinajstić information content (AvgIpc) is 2.13. The summed E-state index contributed by atoms with van der Waals surface area (Å²) in [6.07, 6.45) is -28.2. The van der Waals surface area contributed by atoms with Crippen LogP contribution in [0.2, 0.25) is 0 Å². The normalized spacial score (nSPS) is 29.4. The summed E-state index contributed by atoms with van der Waals surface area (Å²) in [5, 5.41) is 229. The zero-order chi connectivity index (χ0) is 66.9. The lowest BCUT2D eigenvalue weighted by Gasteiger charge is -2.47. The first-order chi connectivity index (χ1) is 40.3. The number of carbonyl (C=O) groups is 2. The topological polar surface area (TPSA) is 471 Å². The lowest BCUT2D eigenvalue weighted by molar-refractivity contribution is -0.356. The Morgan fingerprint density at radius 2 is 0.989 bits per heavy atom. The number of amides is 1. The Balaban J connectivity index is 1.88. The van der Waals surface area contributed by atoms with Gasteiger partial charge in [0.2, 0.25) is 0 Å². The molecule has 2 saturated heterocycles. The van der Waals surface area contributed by atoms with Crippen molar-refractivity contribution in [2.24, 2.45) is 41.4 Å². The summed E-state index contributed by atoms with van der Waals surface area (Å²) in [5.41, 5.74) is 0.0730. The fourth-order valence-electron chi connectivity index (χ4n) is 12.3. The number of hydrogen-bond donors (Lipinski definition) is 21. The van der Waals surface area contributed by atoms with Crippen molar-refractivity contribution in [1.82, 2.24) is 4.90 Å². The van der Waals surface area contributed by atoms with Gasteiger partial charge in [0.25, 0.3) is 5.91 Å². The van der Waals surface area contributed by atoms with E-state index in [1.165, 1.54) is 46.6 Å². The fourth-order valence-corrected chi connectivity index (χ4v) is 12.3. The number of likely N-dealkylation sites (N-methyl/N-ethyl adjacent to an activating group) is 1. The highest BCUT2D eigenvalue weighted by molar-refractivity contribution is 6.26. The van der Waals surface area contributed by atoms with Crippen LogP contribution in [0.4, 0.5) is 0 Å². The highest BCUT2D eigenvalue weighted by Gasteiger charge is 2.54. The highest BCUT2D eigenvalue weighted by Crippen LogP contribution is 2.36. The van der Waals surface area contributed by atoms with Crippen LogP contribution in [0.1, 0.15) is 172 Å². The quantitative estimate of drug-likeness (QED) is 0.0148. The van der Waals surface area contributed by atoms with Crippen molar-refractivity contribution in [2.45, 2.75) is 306 Å². The van der Waals surface area contributed by atoms with Gasteiger partial charge in [-0.3, -0.25) is 9.59 Å². The van der Waals surface area contributed by atoms with E-state index in [0.29, 0.717) is 18.4 Å². The second-order valence-corrected chi connectivity index (χ2v) is 26.4. The lowest BCUT2D eigenvalue weighted by Crippen LogP contribution is -2.65.